The van der Waals surface area contributed by atoms with Crippen molar-refractivity contribution < 1.29 is 0 Å². The van der Waals surface area contributed by atoms with E-state index in [2.05, 4.69) is 180 Å². The second-order valence-corrected chi connectivity index (χ2v) is 15.4. The number of benzene rings is 8. The summed E-state index contributed by atoms with van der Waals surface area (Å²) in [4.78, 5) is 0. The van der Waals surface area contributed by atoms with Gasteiger partial charge in [0.2, 0.25) is 0 Å². The molecule has 0 aliphatic carbocycles. The van der Waals surface area contributed by atoms with Crippen LogP contribution in [0.3, 0.4) is 0 Å². The quantitative estimate of drug-likeness (QED) is 0.174. The van der Waals surface area contributed by atoms with E-state index in [1.165, 1.54) is 101 Å². The average Bonchev–Trinajstić information content (AvgIpc) is 3.88. The van der Waals surface area contributed by atoms with Gasteiger partial charge in [-0.3, -0.25) is 0 Å². The molecule has 8 aromatic carbocycles. The molecule has 0 atom stereocenters. The van der Waals surface area contributed by atoms with Gasteiger partial charge in [0.25, 0.3) is 0 Å². The molecule has 51 heavy (non-hydrogen) atoms. The molecule has 0 fully saturated rings. The number of thiophene rings is 2. The Kier molecular flexibility index (Phi) is 6.36. The summed E-state index contributed by atoms with van der Waals surface area (Å²) in [7, 11) is 0. The topological polar surface area (TPSA) is 4.93 Å². The summed E-state index contributed by atoms with van der Waals surface area (Å²) in [5.41, 5.74) is 11.1. The Labute approximate surface area is 302 Å². The monoisotopic (exact) mass is 683 g/mol. The van der Waals surface area contributed by atoms with Crippen LogP contribution in [0.4, 0.5) is 0 Å². The SMILES string of the molecule is c1ccc2c(c1)sc1c(-c3ccc(-c4ccc5c(c4)c4ccccc4n5-c4ccc(-c5cccc6c5sc5ccccc56)cc4)cc3)cccc12. The fraction of sp³-hybridized carbons (Fsp3) is 0. The minimum absolute atomic E-state index is 1.17. The molecule has 0 aliphatic rings. The summed E-state index contributed by atoms with van der Waals surface area (Å²) in [5.74, 6) is 0. The zero-order valence-electron chi connectivity index (χ0n) is 27.5. The first-order valence-electron chi connectivity index (χ1n) is 17.3. The van der Waals surface area contributed by atoms with Crippen LogP contribution in [0.25, 0.3) is 101 Å². The first-order chi connectivity index (χ1) is 25.3. The van der Waals surface area contributed by atoms with Crippen molar-refractivity contribution in [3.8, 4) is 39.1 Å². The molecule has 1 nitrogen and oxygen atoms in total. The lowest BCUT2D eigenvalue weighted by Gasteiger charge is -2.10. The molecule has 0 aliphatic heterocycles. The van der Waals surface area contributed by atoms with Crippen LogP contribution in [0, 0.1) is 0 Å². The summed E-state index contributed by atoms with van der Waals surface area (Å²) in [5, 5.41) is 7.87. The largest absolute Gasteiger partial charge is 0.309 e. The molecular weight excluding hydrogens is 655 g/mol. The highest BCUT2D eigenvalue weighted by atomic mass is 32.1. The average molecular weight is 684 g/mol. The van der Waals surface area contributed by atoms with Gasteiger partial charge in [0, 0.05) is 56.8 Å². The molecule has 3 heteroatoms. The Morgan fingerprint density at radius 2 is 0.784 bits per heavy atom. The molecule has 0 radical (unpaired) electrons. The van der Waals surface area contributed by atoms with Crippen molar-refractivity contribution in [3.05, 3.63) is 176 Å². The molecule has 238 valence electrons. The lowest BCUT2D eigenvalue weighted by Crippen LogP contribution is -1.93. The minimum atomic E-state index is 1.17. The highest BCUT2D eigenvalue weighted by Crippen LogP contribution is 2.42. The molecule has 0 unspecified atom stereocenters. The maximum Gasteiger partial charge on any atom is 0.0541 e. The van der Waals surface area contributed by atoms with Crippen LogP contribution in [-0.2, 0) is 0 Å². The van der Waals surface area contributed by atoms with Crippen LogP contribution in [0.15, 0.2) is 176 Å². The fourth-order valence-corrected chi connectivity index (χ4v) is 10.5. The number of aromatic nitrogens is 1. The Hall–Kier alpha value is -6.00. The predicted molar refractivity (Wildman–Crippen MR) is 223 cm³/mol. The van der Waals surface area contributed by atoms with Crippen LogP contribution in [0.5, 0.6) is 0 Å². The minimum Gasteiger partial charge on any atom is -0.309 e. The highest BCUT2D eigenvalue weighted by Gasteiger charge is 2.15. The molecule has 0 saturated carbocycles. The van der Waals surface area contributed by atoms with E-state index in [0.29, 0.717) is 0 Å². The maximum atomic E-state index is 2.41. The number of hydrogen-bond acceptors (Lipinski definition) is 2. The van der Waals surface area contributed by atoms with E-state index in [1.807, 2.05) is 22.7 Å². The summed E-state index contributed by atoms with van der Waals surface area (Å²) < 4.78 is 7.78. The molecular formula is C48H29NS2. The van der Waals surface area contributed by atoms with E-state index >= 15 is 0 Å². The van der Waals surface area contributed by atoms with Crippen LogP contribution in [0.1, 0.15) is 0 Å². The predicted octanol–water partition coefficient (Wildman–Crippen LogP) is 14.5. The molecule has 3 aromatic heterocycles. The third-order valence-electron chi connectivity index (χ3n) is 10.4. The highest BCUT2D eigenvalue weighted by molar-refractivity contribution is 7.26. The van der Waals surface area contributed by atoms with E-state index in [1.54, 1.807) is 0 Å². The second kappa shape index (κ2) is 11.3. The molecule has 0 saturated heterocycles. The third-order valence-corrected chi connectivity index (χ3v) is 12.9. The van der Waals surface area contributed by atoms with Crippen LogP contribution in [-0.4, -0.2) is 4.57 Å². The van der Waals surface area contributed by atoms with E-state index < -0.39 is 0 Å². The number of rotatable bonds is 4. The van der Waals surface area contributed by atoms with E-state index in [9.17, 15) is 0 Å². The van der Waals surface area contributed by atoms with Gasteiger partial charge in [-0.2, -0.15) is 0 Å². The Balaban J connectivity index is 0.976. The molecule has 0 N–H and O–H groups in total. The van der Waals surface area contributed by atoms with Gasteiger partial charge in [-0.1, -0.05) is 133 Å². The van der Waals surface area contributed by atoms with Crippen molar-refractivity contribution in [2.75, 3.05) is 0 Å². The Morgan fingerprint density at radius 1 is 0.314 bits per heavy atom. The van der Waals surface area contributed by atoms with E-state index in [0.717, 1.165) is 0 Å². The van der Waals surface area contributed by atoms with Crippen molar-refractivity contribution in [1.82, 2.24) is 4.57 Å². The maximum absolute atomic E-state index is 2.41. The lowest BCUT2D eigenvalue weighted by molar-refractivity contribution is 1.18. The smallest absolute Gasteiger partial charge is 0.0541 e. The molecule has 0 amide bonds. The summed E-state index contributed by atoms with van der Waals surface area (Å²) in [6.45, 7) is 0. The van der Waals surface area contributed by atoms with Crippen molar-refractivity contribution >= 4 is 84.8 Å². The van der Waals surface area contributed by atoms with Crippen LogP contribution >= 0.6 is 22.7 Å². The first-order valence-corrected chi connectivity index (χ1v) is 19.0. The van der Waals surface area contributed by atoms with Crippen molar-refractivity contribution in [1.29, 1.82) is 0 Å². The fourth-order valence-electron chi connectivity index (χ4n) is 8.01. The van der Waals surface area contributed by atoms with E-state index in [4.69, 9.17) is 0 Å². The summed E-state index contributed by atoms with van der Waals surface area (Å²) in [6, 6.07) is 64.8. The number of fused-ring (bicyclic) bond motifs is 9. The summed E-state index contributed by atoms with van der Waals surface area (Å²) in [6.07, 6.45) is 0. The second-order valence-electron chi connectivity index (χ2n) is 13.3. The van der Waals surface area contributed by atoms with Gasteiger partial charge >= 0.3 is 0 Å². The van der Waals surface area contributed by atoms with Crippen LogP contribution < -0.4 is 0 Å². The van der Waals surface area contributed by atoms with Crippen molar-refractivity contribution in [2.45, 2.75) is 0 Å². The van der Waals surface area contributed by atoms with E-state index in [-0.39, 0.29) is 0 Å². The standard InChI is InChI=1S/C48H29NS2/c1-4-16-43-37(9-1)42-29-33(30-19-21-31(22-20-30)35-12-7-14-40-38-10-2-5-17-45(38)50-47(35)40)25-28-44(42)49(43)34-26-23-32(24-27-34)36-13-8-15-41-39-11-3-6-18-46(39)51-48(36)41/h1-29H. The molecule has 11 aromatic rings. The van der Waals surface area contributed by atoms with Gasteiger partial charge in [-0.25, -0.2) is 0 Å². The number of hydrogen-bond donors (Lipinski definition) is 0. The molecule has 11 rings (SSSR count). The van der Waals surface area contributed by atoms with Gasteiger partial charge in [-0.15, -0.1) is 22.7 Å². The van der Waals surface area contributed by atoms with Gasteiger partial charge in [0.15, 0.2) is 0 Å². The lowest BCUT2D eigenvalue weighted by atomic mass is 9.98. The van der Waals surface area contributed by atoms with Gasteiger partial charge in [0.1, 0.15) is 0 Å². The Morgan fingerprint density at radius 3 is 1.41 bits per heavy atom. The zero-order chi connectivity index (χ0) is 33.5. The van der Waals surface area contributed by atoms with Gasteiger partial charge in [0.05, 0.1) is 11.0 Å². The summed E-state index contributed by atoms with van der Waals surface area (Å²) >= 11 is 3.77. The zero-order valence-corrected chi connectivity index (χ0v) is 29.1. The van der Waals surface area contributed by atoms with Crippen LogP contribution in [0.2, 0.25) is 0 Å². The van der Waals surface area contributed by atoms with Crippen molar-refractivity contribution in [3.63, 3.8) is 0 Å². The van der Waals surface area contributed by atoms with Crippen molar-refractivity contribution in [2.24, 2.45) is 0 Å². The van der Waals surface area contributed by atoms with Gasteiger partial charge in [-0.05, 0) is 75.8 Å². The molecule has 0 spiro atoms. The molecule has 3 heterocycles. The normalized spacial score (nSPS) is 11.9. The number of para-hydroxylation sites is 1. The third kappa shape index (κ3) is 4.45. The number of nitrogens with zero attached hydrogens (tertiary/aromatic N) is 1. The molecule has 0 bridgehead atoms. The first kappa shape index (κ1) is 28.8. The Bertz CT molecular complexity index is 3120. The van der Waals surface area contributed by atoms with Gasteiger partial charge < -0.3 is 4.57 Å².